The normalized spacial score (nSPS) is 25.4. The highest BCUT2D eigenvalue weighted by Crippen LogP contribution is 2.20. The van der Waals surface area contributed by atoms with Gasteiger partial charge in [-0.15, -0.1) is 0 Å². The van der Waals surface area contributed by atoms with Gasteiger partial charge in [0.25, 0.3) is 0 Å². The molecule has 0 amide bonds. The fraction of sp³-hybridized carbons (Fsp3) is 0.833. The first-order valence-electron chi connectivity index (χ1n) is 6.18. The van der Waals surface area contributed by atoms with Crippen LogP contribution in [0.1, 0.15) is 45.8 Å². The Morgan fingerprint density at radius 3 is 2.76 bits per heavy atom. The van der Waals surface area contributed by atoms with Crippen molar-refractivity contribution in [1.29, 1.82) is 0 Å². The minimum atomic E-state index is -0.0793. The molecule has 1 unspecified atom stereocenters. The van der Waals surface area contributed by atoms with Crippen molar-refractivity contribution in [1.82, 2.24) is 20.8 Å². The zero-order valence-electron chi connectivity index (χ0n) is 11.1. The van der Waals surface area contributed by atoms with Gasteiger partial charge in [0.2, 0.25) is 5.89 Å². The fourth-order valence-corrected chi connectivity index (χ4v) is 1.89. The summed E-state index contributed by atoms with van der Waals surface area (Å²) < 4.78 is 5.26. The third-order valence-corrected chi connectivity index (χ3v) is 3.15. The van der Waals surface area contributed by atoms with Crippen molar-refractivity contribution in [2.24, 2.45) is 0 Å². The Hall–Kier alpha value is -0.940. The lowest BCUT2D eigenvalue weighted by atomic mass is 9.97. The summed E-state index contributed by atoms with van der Waals surface area (Å²) in [4.78, 5) is 4.41. The molecule has 0 aliphatic carbocycles. The predicted octanol–water partition coefficient (Wildman–Crippen LogP) is 1.21. The number of aromatic nitrogens is 2. The molecule has 5 nitrogen and oxygen atoms in total. The van der Waals surface area contributed by atoms with Crippen LogP contribution in [-0.4, -0.2) is 28.8 Å². The Balaban J connectivity index is 1.93. The number of rotatable bonds is 3. The van der Waals surface area contributed by atoms with Crippen molar-refractivity contribution in [2.75, 3.05) is 13.1 Å². The molecule has 0 spiro atoms. The van der Waals surface area contributed by atoms with E-state index in [0.29, 0.717) is 12.4 Å². The van der Waals surface area contributed by atoms with Crippen LogP contribution in [-0.2, 0) is 12.0 Å². The van der Waals surface area contributed by atoms with Gasteiger partial charge >= 0.3 is 0 Å². The van der Waals surface area contributed by atoms with Crippen LogP contribution in [0.2, 0.25) is 0 Å². The minimum absolute atomic E-state index is 0.0793. The van der Waals surface area contributed by atoms with Gasteiger partial charge in [-0.05, 0) is 19.9 Å². The van der Waals surface area contributed by atoms with Crippen LogP contribution in [0.3, 0.4) is 0 Å². The Labute approximate surface area is 102 Å². The average Bonchev–Trinajstić information content (AvgIpc) is 2.83. The Bertz CT molecular complexity index is 374. The lowest BCUT2D eigenvalue weighted by Crippen LogP contribution is -2.43. The molecule has 1 fully saturated rings. The summed E-state index contributed by atoms with van der Waals surface area (Å²) in [6, 6.07) is 0. The molecule has 0 aromatic carbocycles. The molecule has 2 heterocycles. The molecule has 1 aliphatic rings. The highest BCUT2D eigenvalue weighted by atomic mass is 16.5. The monoisotopic (exact) mass is 238 g/mol. The van der Waals surface area contributed by atoms with Crippen LogP contribution in [0.15, 0.2) is 4.52 Å². The van der Waals surface area contributed by atoms with Gasteiger partial charge in [0.1, 0.15) is 0 Å². The van der Waals surface area contributed by atoms with Gasteiger partial charge in [0.15, 0.2) is 5.82 Å². The maximum absolute atomic E-state index is 5.26. The summed E-state index contributed by atoms with van der Waals surface area (Å²) in [5.41, 5.74) is 0.0760. The lowest BCUT2D eigenvalue weighted by Gasteiger charge is -2.23. The largest absolute Gasteiger partial charge is 0.339 e. The molecule has 0 radical (unpaired) electrons. The van der Waals surface area contributed by atoms with Crippen LogP contribution >= 0.6 is 0 Å². The minimum Gasteiger partial charge on any atom is -0.339 e. The van der Waals surface area contributed by atoms with Crippen LogP contribution in [0.5, 0.6) is 0 Å². The summed E-state index contributed by atoms with van der Waals surface area (Å²) in [6.45, 7) is 11.2. The molecule has 1 aromatic rings. The van der Waals surface area contributed by atoms with E-state index in [1.54, 1.807) is 0 Å². The molecular weight excluding hydrogens is 216 g/mol. The molecule has 0 saturated carbocycles. The first kappa shape index (κ1) is 12.5. The first-order valence-corrected chi connectivity index (χ1v) is 6.18. The van der Waals surface area contributed by atoms with E-state index in [9.17, 15) is 0 Å². The highest BCUT2D eigenvalue weighted by molar-refractivity contribution is 4.99. The zero-order chi connectivity index (χ0) is 12.5. The van der Waals surface area contributed by atoms with Crippen molar-refractivity contribution in [3.63, 3.8) is 0 Å². The second-order valence-electron chi connectivity index (χ2n) is 6.11. The van der Waals surface area contributed by atoms with Gasteiger partial charge in [-0.3, -0.25) is 0 Å². The molecule has 1 aromatic heterocycles. The fourth-order valence-electron chi connectivity index (χ4n) is 1.89. The molecule has 96 valence electrons. The van der Waals surface area contributed by atoms with Crippen molar-refractivity contribution < 1.29 is 4.52 Å². The van der Waals surface area contributed by atoms with Crippen LogP contribution in [0.25, 0.3) is 0 Å². The summed E-state index contributed by atoms with van der Waals surface area (Å²) in [6.07, 6.45) is 1.14. The standard InChI is InChI=1S/C12H22N4O/c1-11(2,3)10-15-9(16-17-10)7-14-12(4)5-6-13-8-12/h13-14H,5-8H2,1-4H3. The van der Waals surface area contributed by atoms with E-state index in [1.807, 2.05) is 0 Å². The van der Waals surface area contributed by atoms with Gasteiger partial charge in [0, 0.05) is 17.5 Å². The average molecular weight is 238 g/mol. The van der Waals surface area contributed by atoms with Crippen LogP contribution in [0.4, 0.5) is 0 Å². The van der Waals surface area contributed by atoms with Crippen molar-refractivity contribution in [3.05, 3.63) is 11.7 Å². The second kappa shape index (κ2) is 4.38. The molecule has 1 saturated heterocycles. The van der Waals surface area contributed by atoms with Gasteiger partial charge < -0.3 is 15.2 Å². The Kier molecular flexibility index (Phi) is 3.23. The first-order chi connectivity index (χ1) is 7.89. The maximum Gasteiger partial charge on any atom is 0.232 e. The topological polar surface area (TPSA) is 63.0 Å². The van der Waals surface area contributed by atoms with Gasteiger partial charge in [0.05, 0.1) is 6.54 Å². The Morgan fingerprint density at radius 2 is 2.24 bits per heavy atom. The molecule has 5 heteroatoms. The highest BCUT2D eigenvalue weighted by Gasteiger charge is 2.28. The molecule has 0 bridgehead atoms. The molecule has 1 atom stereocenters. The number of hydrogen-bond acceptors (Lipinski definition) is 5. The van der Waals surface area contributed by atoms with Crippen LogP contribution in [0, 0.1) is 0 Å². The van der Waals surface area contributed by atoms with Crippen molar-refractivity contribution >= 4 is 0 Å². The third-order valence-electron chi connectivity index (χ3n) is 3.15. The number of nitrogens with one attached hydrogen (secondary N) is 2. The maximum atomic E-state index is 5.26. The SMILES string of the molecule is CC1(NCc2noc(C(C)(C)C)n2)CCNC1. The third kappa shape index (κ3) is 3.04. The van der Waals surface area contributed by atoms with E-state index >= 15 is 0 Å². The summed E-state index contributed by atoms with van der Waals surface area (Å²) in [5.74, 6) is 1.44. The number of hydrogen-bond donors (Lipinski definition) is 2. The van der Waals surface area contributed by atoms with E-state index in [1.165, 1.54) is 0 Å². The van der Waals surface area contributed by atoms with E-state index in [-0.39, 0.29) is 11.0 Å². The van der Waals surface area contributed by atoms with E-state index in [0.717, 1.165) is 25.3 Å². The smallest absolute Gasteiger partial charge is 0.232 e. The second-order valence-corrected chi connectivity index (χ2v) is 6.11. The summed E-state index contributed by atoms with van der Waals surface area (Å²) in [7, 11) is 0. The van der Waals surface area contributed by atoms with Crippen molar-refractivity contribution in [3.8, 4) is 0 Å². The predicted molar refractivity (Wildman–Crippen MR) is 65.7 cm³/mol. The zero-order valence-corrected chi connectivity index (χ0v) is 11.1. The van der Waals surface area contributed by atoms with E-state index in [4.69, 9.17) is 4.52 Å². The van der Waals surface area contributed by atoms with Crippen molar-refractivity contribution in [2.45, 2.75) is 51.6 Å². The molecule has 1 aliphatic heterocycles. The van der Waals surface area contributed by atoms with Gasteiger partial charge in [-0.1, -0.05) is 25.9 Å². The molecule has 17 heavy (non-hydrogen) atoms. The van der Waals surface area contributed by atoms with Crippen LogP contribution < -0.4 is 10.6 Å². The molecule has 2 N–H and O–H groups in total. The van der Waals surface area contributed by atoms with E-state index in [2.05, 4.69) is 48.5 Å². The van der Waals surface area contributed by atoms with Gasteiger partial charge in [-0.2, -0.15) is 4.98 Å². The summed E-state index contributed by atoms with van der Waals surface area (Å²) in [5, 5.41) is 10.8. The number of nitrogens with zero attached hydrogens (tertiary/aromatic N) is 2. The Morgan fingerprint density at radius 1 is 1.47 bits per heavy atom. The van der Waals surface area contributed by atoms with E-state index < -0.39 is 0 Å². The van der Waals surface area contributed by atoms with Gasteiger partial charge in [-0.25, -0.2) is 0 Å². The molecular formula is C12H22N4O. The summed E-state index contributed by atoms with van der Waals surface area (Å²) >= 11 is 0. The lowest BCUT2D eigenvalue weighted by molar-refractivity contribution is 0.315. The molecule has 2 rings (SSSR count). The quantitative estimate of drug-likeness (QED) is 0.828.